The van der Waals surface area contributed by atoms with Crippen molar-refractivity contribution in [1.82, 2.24) is 10.2 Å². The summed E-state index contributed by atoms with van der Waals surface area (Å²) in [6, 6.07) is 3.28. The van der Waals surface area contributed by atoms with Crippen molar-refractivity contribution < 1.29 is 19.1 Å². The molecule has 26 heavy (non-hydrogen) atoms. The van der Waals surface area contributed by atoms with Gasteiger partial charge < -0.3 is 14.8 Å². The third-order valence-electron chi connectivity index (χ3n) is 5.80. The summed E-state index contributed by atoms with van der Waals surface area (Å²) >= 11 is 6.35. The number of nitrogens with one attached hydrogen (secondary N) is 1. The standard InChI is InChI=1S/C19H21ClN2O4/c20-14-8-11(9-15-16(14)26-7-1-6-25-15)10-22-17(23)19(12-2-3-12,13-4-5-13)21-18(22)24/h8-9,12-13H,1-7,10H2,(H,21,24). The Bertz CT molecular complexity index is 776. The topological polar surface area (TPSA) is 67.9 Å². The first-order chi connectivity index (χ1) is 12.6. The van der Waals surface area contributed by atoms with E-state index in [9.17, 15) is 9.59 Å². The van der Waals surface area contributed by atoms with Gasteiger partial charge in [-0.3, -0.25) is 9.69 Å². The molecule has 2 saturated carbocycles. The van der Waals surface area contributed by atoms with Crippen LogP contribution in [0.1, 0.15) is 37.7 Å². The van der Waals surface area contributed by atoms with Gasteiger partial charge in [0.25, 0.3) is 5.91 Å². The van der Waals surface area contributed by atoms with Crippen LogP contribution in [0.25, 0.3) is 0 Å². The van der Waals surface area contributed by atoms with Gasteiger partial charge in [-0.15, -0.1) is 0 Å². The van der Waals surface area contributed by atoms with Crippen LogP contribution in [0.4, 0.5) is 4.79 Å². The van der Waals surface area contributed by atoms with Crippen molar-refractivity contribution in [1.29, 1.82) is 0 Å². The second kappa shape index (κ2) is 5.78. The lowest BCUT2D eigenvalue weighted by molar-refractivity contribution is -0.133. The average Bonchev–Trinajstić information content (AvgIpc) is 3.49. The number of carbonyl (C=O) groups excluding carboxylic acids is 2. The average molecular weight is 377 g/mol. The first kappa shape index (κ1) is 16.2. The van der Waals surface area contributed by atoms with Crippen molar-refractivity contribution in [3.05, 3.63) is 22.7 Å². The summed E-state index contributed by atoms with van der Waals surface area (Å²) in [5.41, 5.74) is 0.108. The van der Waals surface area contributed by atoms with Crippen LogP contribution in [0, 0.1) is 11.8 Å². The molecule has 3 amide bonds. The largest absolute Gasteiger partial charge is 0.489 e. The predicted octanol–water partition coefficient (Wildman–Crippen LogP) is 3.11. The van der Waals surface area contributed by atoms with Gasteiger partial charge in [-0.2, -0.15) is 0 Å². The quantitative estimate of drug-likeness (QED) is 0.820. The minimum Gasteiger partial charge on any atom is -0.489 e. The van der Waals surface area contributed by atoms with E-state index in [-0.39, 0.29) is 18.5 Å². The molecule has 1 saturated heterocycles. The van der Waals surface area contributed by atoms with Gasteiger partial charge in [-0.05, 0) is 55.2 Å². The summed E-state index contributed by atoms with van der Waals surface area (Å²) in [6.07, 6.45) is 4.87. The van der Waals surface area contributed by atoms with Crippen LogP contribution in [0.3, 0.4) is 0 Å². The molecule has 0 spiro atoms. The van der Waals surface area contributed by atoms with Crippen molar-refractivity contribution >= 4 is 23.5 Å². The summed E-state index contributed by atoms with van der Waals surface area (Å²) in [4.78, 5) is 27.1. The first-order valence-corrected chi connectivity index (χ1v) is 9.69. The van der Waals surface area contributed by atoms with E-state index in [4.69, 9.17) is 21.1 Å². The predicted molar refractivity (Wildman–Crippen MR) is 94.3 cm³/mol. The highest BCUT2D eigenvalue weighted by molar-refractivity contribution is 6.32. The molecule has 5 rings (SSSR count). The van der Waals surface area contributed by atoms with Gasteiger partial charge in [-0.1, -0.05) is 11.6 Å². The molecule has 1 aromatic carbocycles. The van der Waals surface area contributed by atoms with Crippen molar-refractivity contribution in [2.45, 2.75) is 44.2 Å². The number of urea groups is 1. The van der Waals surface area contributed by atoms with Crippen molar-refractivity contribution in [2.24, 2.45) is 11.8 Å². The number of amides is 3. The number of halogens is 1. The number of nitrogens with zero attached hydrogens (tertiary/aromatic N) is 1. The Morgan fingerprint density at radius 2 is 1.81 bits per heavy atom. The van der Waals surface area contributed by atoms with Gasteiger partial charge in [0.2, 0.25) is 0 Å². The monoisotopic (exact) mass is 376 g/mol. The number of fused-ring (bicyclic) bond motifs is 1. The van der Waals surface area contributed by atoms with Gasteiger partial charge in [-0.25, -0.2) is 4.79 Å². The van der Waals surface area contributed by atoms with Crippen molar-refractivity contribution in [2.75, 3.05) is 13.2 Å². The van der Waals surface area contributed by atoms with Crippen LogP contribution >= 0.6 is 11.6 Å². The number of ether oxygens (including phenoxy) is 2. The van der Waals surface area contributed by atoms with Gasteiger partial charge in [0, 0.05) is 6.42 Å². The Morgan fingerprint density at radius 1 is 1.12 bits per heavy atom. The van der Waals surface area contributed by atoms with E-state index in [0.29, 0.717) is 41.6 Å². The lowest BCUT2D eigenvalue weighted by Gasteiger charge is -2.26. The Labute approximate surface area is 156 Å². The molecule has 0 aromatic heterocycles. The minimum absolute atomic E-state index is 0.0734. The highest BCUT2D eigenvalue weighted by Gasteiger charge is 2.65. The Kier molecular flexibility index (Phi) is 3.61. The summed E-state index contributed by atoms with van der Waals surface area (Å²) in [5, 5.41) is 3.49. The molecule has 6 nitrogen and oxygen atoms in total. The lowest BCUT2D eigenvalue weighted by atomic mass is 9.87. The molecule has 3 fully saturated rings. The molecule has 7 heteroatoms. The van der Waals surface area contributed by atoms with Crippen LogP contribution in [0.5, 0.6) is 11.5 Å². The van der Waals surface area contributed by atoms with E-state index in [1.807, 2.05) is 6.07 Å². The molecule has 1 N–H and O–H groups in total. The van der Waals surface area contributed by atoms with Gasteiger partial charge >= 0.3 is 6.03 Å². The highest BCUT2D eigenvalue weighted by atomic mass is 35.5. The van der Waals surface area contributed by atoms with E-state index < -0.39 is 5.54 Å². The minimum atomic E-state index is -0.661. The van der Waals surface area contributed by atoms with Gasteiger partial charge in [0.1, 0.15) is 5.54 Å². The van der Waals surface area contributed by atoms with Crippen LogP contribution < -0.4 is 14.8 Å². The Balaban J connectivity index is 1.43. The van der Waals surface area contributed by atoms with E-state index in [1.165, 1.54) is 4.90 Å². The van der Waals surface area contributed by atoms with E-state index in [2.05, 4.69) is 5.32 Å². The molecular weight excluding hydrogens is 356 g/mol. The van der Waals surface area contributed by atoms with Gasteiger partial charge in [0.05, 0.1) is 24.8 Å². The molecule has 0 atom stereocenters. The van der Waals surface area contributed by atoms with E-state index in [0.717, 1.165) is 37.7 Å². The number of hydrogen-bond donors (Lipinski definition) is 1. The highest BCUT2D eigenvalue weighted by Crippen LogP contribution is 2.54. The third kappa shape index (κ3) is 2.46. The number of imide groups is 1. The molecule has 2 aliphatic heterocycles. The normalized spacial score (nSPS) is 24.4. The van der Waals surface area contributed by atoms with E-state index >= 15 is 0 Å². The number of benzene rings is 1. The SMILES string of the molecule is O=C1NC(C2CC2)(C2CC2)C(=O)N1Cc1cc(Cl)c2c(c1)OCCCO2. The van der Waals surface area contributed by atoms with Crippen LogP contribution in [0.2, 0.25) is 5.02 Å². The zero-order chi connectivity index (χ0) is 17.9. The molecular formula is C19H21ClN2O4. The zero-order valence-electron chi connectivity index (χ0n) is 14.4. The van der Waals surface area contributed by atoms with Crippen LogP contribution in [0.15, 0.2) is 12.1 Å². The molecule has 138 valence electrons. The fourth-order valence-corrected chi connectivity index (χ4v) is 4.57. The smallest absolute Gasteiger partial charge is 0.325 e. The number of carbonyl (C=O) groups is 2. The number of hydrogen-bond acceptors (Lipinski definition) is 4. The second-order valence-electron chi connectivity index (χ2n) is 7.69. The molecule has 0 radical (unpaired) electrons. The summed E-state index contributed by atoms with van der Waals surface area (Å²) in [5.74, 6) is 1.63. The number of rotatable bonds is 4. The zero-order valence-corrected chi connectivity index (χ0v) is 15.2. The Hall–Kier alpha value is -1.95. The second-order valence-corrected chi connectivity index (χ2v) is 8.10. The third-order valence-corrected chi connectivity index (χ3v) is 6.08. The van der Waals surface area contributed by atoms with Crippen LogP contribution in [-0.4, -0.2) is 35.6 Å². The first-order valence-electron chi connectivity index (χ1n) is 9.31. The molecule has 1 aromatic rings. The molecule has 4 aliphatic rings. The van der Waals surface area contributed by atoms with E-state index in [1.54, 1.807) is 6.07 Å². The molecule has 0 bridgehead atoms. The van der Waals surface area contributed by atoms with Crippen molar-refractivity contribution in [3.8, 4) is 11.5 Å². The maximum absolute atomic E-state index is 13.2. The van der Waals surface area contributed by atoms with Crippen LogP contribution in [-0.2, 0) is 11.3 Å². The van der Waals surface area contributed by atoms with Crippen molar-refractivity contribution in [3.63, 3.8) is 0 Å². The van der Waals surface area contributed by atoms with Gasteiger partial charge in [0.15, 0.2) is 11.5 Å². The summed E-state index contributed by atoms with van der Waals surface area (Å²) in [7, 11) is 0. The molecule has 0 unspecified atom stereocenters. The Morgan fingerprint density at radius 3 is 2.50 bits per heavy atom. The fraction of sp³-hybridized carbons (Fsp3) is 0.579. The molecule has 2 heterocycles. The maximum Gasteiger partial charge on any atom is 0.325 e. The maximum atomic E-state index is 13.2. The molecule has 2 aliphatic carbocycles. The summed E-state index contributed by atoms with van der Waals surface area (Å²) < 4.78 is 11.4. The summed E-state index contributed by atoms with van der Waals surface area (Å²) in [6.45, 7) is 1.31. The fourth-order valence-electron chi connectivity index (χ4n) is 4.28. The lowest BCUT2D eigenvalue weighted by Crippen LogP contribution is -2.51.